The first-order valence-corrected chi connectivity index (χ1v) is 8.96. The maximum atomic E-state index is 12.8. The lowest BCUT2D eigenvalue weighted by molar-refractivity contribution is -0.137. The topological polar surface area (TPSA) is 21.3 Å². The van der Waals surface area contributed by atoms with E-state index >= 15 is 0 Å². The predicted octanol–water partition coefficient (Wildman–Crippen LogP) is 5.79. The number of ether oxygens (including phenoxy) is 1. The average molecular weight is 369 g/mol. The van der Waals surface area contributed by atoms with Crippen LogP contribution in [0.15, 0.2) is 48.5 Å². The van der Waals surface area contributed by atoms with Crippen molar-refractivity contribution < 1.29 is 17.9 Å². The third kappa shape index (κ3) is 6.29. The minimum Gasteiger partial charge on any atom is -0.489 e. The van der Waals surface area contributed by atoms with Crippen molar-refractivity contribution in [3.63, 3.8) is 0 Å². The molecule has 6 heteroatoms. The molecule has 0 aliphatic rings. The van der Waals surface area contributed by atoms with Gasteiger partial charge in [-0.3, -0.25) is 4.72 Å². The Morgan fingerprint density at radius 2 is 1.68 bits per heavy atom. The van der Waals surface area contributed by atoms with Crippen LogP contribution >= 0.6 is 11.9 Å². The molecule has 0 aromatic heterocycles. The Bertz CT molecular complexity index is 671. The zero-order valence-corrected chi connectivity index (χ0v) is 15.2. The Morgan fingerprint density at radius 1 is 1.00 bits per heavy atom. The molecule has 25 heavy (non-hydrogen) atoms. The Balaban J connectivity index is 2.00. The molecule has 0 spiro atoms. The van der Waals surface area contributed by atoms with E-state index in [1.165, 1.54) is 6.07 Å². The molecule has 0 aliphatic heterocycles. The van der Waals surface area contributed by atoms with Crippen LogP contribution in [0.2, 0.25) is 0 Å². The van der Waals surface area contributed by atoms with Crippen molar-refractivity contribution in [2.75, 3.05) is 6.54 Å². The van der Waals surface area contributed by atoms with Crippen LogP contribution in [0.25, 0.3) is 11.1 Å². The average Bonchev–Trinajstić information content (AvgIpc) is 2.54. The molecule has 2 nitrogen and oxygen atoms in total. The molecule has 0 amide bonds. The first-order chi connectivity index (χ1) is 11.8. The van der Waals surface area contributed by atoms with E-state index in [-0.39, 0.29) is 6.10 Å². The van der Waals surface area contributed by atoms with Gasteiger partial charge in [0.1, 0.15) is 11.9 Å². The van der Waals surface area contributed by atoms with Crippen molar-refractivity contribution in [2.45, 2.75) is 38.3 Å². The van der Waals surface area contributed by atoms with Crippen LogP contribution in [0, 0.1) is 0 Å². The van der Waals surface area contributed by atoms with Crippen molar-refractivity contribution in [2.24, 2.45) is 0 Å². The highest BCUT2D eigenvalue weighted by atomic mass is 32.2. The quantitative estimate of drug-likeness (QED) is 0.625. The molecule has 2 rings (SSSR count). The number of hydrogen-bond acceptors (Lipinski definition) is 3. The Kier molecular flexibility index (Phi) is 6.79. The summed E-state index contributed by atoms with van der Waals surface area (Å²) in [5.41, 5.74) is 0.608. The summed E-state index contributed by atoms with van der Waals surface area (Å²) in [6, 6.07) is 12.4. The summed E-state index contributed by atoms with van der Waals surface area (Å²) in [4.78, 5) is 0. The van der Waals surface area contributed by atoms with Crippen molar-refractivity contribution in [3.05, 3.63) is 54.1 Å². The molecule has 1 N–H and O–H groups in total. The normalized spacial score (nSPS) is 13.1. The van der Waals surface area contributed by atoms with Gasteiger partial charge in [-0.15, -0.1) is 0 Å². The smallest absolute Gasteiger partial charge is 0.416 e. The largest absolute Gasteiger partial charge is 0.489 e. The van der Waals surface area contributed by atoms with E-state index in [1.54, 1.807) is 42.3 Å². The van der Waals surface area contributed by atoms with E-state index in [9.17, 15) is 13.2 Å². The summed E-state index contributed by atoms with van der Waals surface area (Å²) >= 11 is 1.65. The van der Waals surface area contributed by atoms with Gasteiger partial charge in [0.25, 0.3) is 0 Å². The number of alkyl halides is 3. The van der Waals surface area contributed by atoms with Gasteiger partial charge in [-0.2, -0.15) is 13.2 Å². The molecule has 0 bridgehead atoms. The molecule has 2 aromatic carbocycles. The second-order valence-electron chi connectivity index (χ2n) is 6.05. The number of benzene rings is 2. The fourth-order valence-electron chi connectivity index (χ4n) is 2.21. The van der Waals surface area contributed by atoms with Gasteiger partial charge in [-0.25, -0.2) is 0 Å². The first-order valence-electron chi connectivity index (χ1n) is 8.08. The highest BCUT2D eigenvalue weighted by Crippen LogP contribution is 2.32. The van der Waals surface area contributed by atoms with Crippen LogP contribution in [-0.4, -0.2) is 17.9 Å². The number of rotatable bonds is 7. The molecule has 2 aromatic rings. The summed E-state index contributed by atoms with van der Waals surface area (Å²) in [5.74, 6) is 0.694. The van der Waals surface area contributed by atoms with Crippen LogP contribution in [0.1, 0.15) is 26.3 Å². The molecule has 1 atom stereocenters. The predicted molar refractivity (Wildman–Crippen MR) is 97.7 cm³/mol. The van der Waals surface area contributed by atoms with Gasteiger partial charge in [0.2, 0.25) is 0 Å². The summed E-state index contributed by atoms with van der Waals surface area (Å²) in [6.45, 7) is 6.89. The van der Waals surface area contributed by atoms with Gasteiger partial charge in [-0.05, 0) is 42.3 Å². The molecule has 0 saturated heterocycles. The Morgan fingerprint density at radius 3 is 2.28 bits per heavy atom. The lowest BCUT2D eigenvalue weighted by Crippen LogP contribution is -2.25. The number of halogens is 3. The highest BCUT2D eigenvalue weighted by Gasteiger charge is 2.30. The van der Waals surface area contributed by atoms with Crippen LogP contribution < -0.4 is 9.46 Å². The lowest BCUT2D eigenvalue weighted by atomic mass is 10.0. The third-order valence-electron chi connectivity index (χ3n) is 3.40. The van der Waals surface area contributed by atoms with Crippen molar-refractivity contribution >= 4 is 11.9 Å². The first kappa shape index (κ1) is 19.7. The van der Waals surface area contributed by atoms with Gasteiger partial charge < -0.3 is 4.74 Å². The summed E-state index contributed by atoms with van der Waals surface area (Å²) in [5, 5.41) is 0.499. The van der Waals surface area contributed by atoms with E-state index in [0.717, 1.165) is 17.7 Å². The van der Waals surface area contributed by atoms with Crippen LogP contribution in [-0.2, 0) is 6.18 Å². The highest BCUT2D eigenvalue weighted by molar-refractivity contribution is 7.97. The van der Waals surface area contributed by atoms with E-state index in [1.807, 2.05) is 6.92 Å². The molecule has 0 heterocycles. The standard InChI is InChI=1S/C19H22F3NOS/c1-13(2)25-23-12-14(3)24-18-9-7-15(8-10-18)16-5-4-6-17(11-16)19(20,21)22/h4-11,13-14,23H,12H2,1-3H3. The van der Waals surface area contributed by atoms with Crippen LogP contribution in [0.3, 0.4) is 0 Å². The maximum absolute atomic E-state index is 12.8. The Hall–Kier alpha value is -1.66. The summed E-state index contributed by atoms with van der Waals surface area (Å²) < 4.78 is 47.5. The number of nitrogens with one attached hydrogen (secondary N) is 1. The lowest BCUT2D eigenvalue weighted by Gasteiger charge is -2.16. The van der Waals surface area contributed by atoms with E-state index < -0.39 is 11.7 Å². The van der Waals surface area contributed by atoms with Crippen molar-refractivity contribution in [3.8, 4) is 16.9 Å². The SMILES string of the molecule is CC(CNSC(C)C)Oc1ccc(-c2cccc(C(F)(F)F)c2)cc1. The zero-order chi connectivity index (χ0) is 18.4. The van der Waals surface area contributed by atoms with Crippen LogP contribution in [0.5, 0.6) is 5.75 Å². The Labute approximate surface area is 150 Å². The second kappa shape index (κ2) is 8.63. The third-order valence-corrected chi connectivity index (χ3v) is 4.21. The van der Waals surface area contributed by atoms with Crippen molar-refractivity contribution in [1.29, 1.82) is 0 Å². The van der Waals surface area contributed by atoms with Gasteiger partial charge >= 0.3 is 6.18 Å². The molecular weight excluding hydrogens is 347 g/mol. The molecular formula is C19H22F3NOS. The monoisotopic (exact) mass is 369 g/mol. The van der Waals surface area contributed by atoms with Gasteiger partial charge in [0, 0.05) is 11.8 Å². The maximum Gasteiger partial charge on any atom is 0.416 e. The van der Waals surface area contributed by atoms with Crippen LogP contribution in [0.4, 0.5) is 13.2 Å². The number of hydrogen-bond donors (Lipinski definition) is 1. The second-order valence-corrected chi connectivity index (χ2v) is 7.51. The van der Waals surface area contributed by atoms with E-state index in [2.05, 4.69) is 18.6 Å². The fourth-order valence-corrected chi connectivity index (χ4v) is 2.87. The fraction of sp³-hybridized carbons (Fsp3) is 0.368. The van der Waals surface area contributed by atoms with Crippen molar-refractivity contribution in [1.82, 2.24) is 4.72 Å². The molecule has 0 aliphatic carbocycles. The molecule has 0 saturated carbocycles. The summed E-state index contributed by atoms with van der Waals surface area (Å²) in [7, 11) is 0. The molecule has 1 unspecified atom stereocenters. The molecule has 136 valence electrons. The van der Waals surface area contributed by atoms with Gasteiger partial charge in [0.05, 0.1) is 5.56 Å². The van der Waals surface area contributed by atoms with E-state index in [0.29, 0.717) is 23.1 Å². The minimum absolute atomic E-state index is 0.00865. The van der Waals surface area contributed by atoms with Gasteiger partial charge in [0.15, 0.2) is 0 Å². The zero-order valence-electron chi connectivity index (χ0n) is 14.4. The van der Waals surface area contributed by atoms with Gasteiger partial charge in [-0.1, -0.05) is 50.1 Å². The molecule has 0 fully saturated rings. The molecule has 0 radical (unpaired) electrons. The summed E-state index contributed by atoms with van der Waals surface area (Å²) in [6.07, 6.45) is -4.35. The minimum atomic E-state index is -4.34. The van der Waals surface area contributed by atoms with E-state index in [4.69, 9.17) is 4.74 Å².